The summed E-state index contributed by atoms with van der Waals surface area (Å²) >= 11 is 1.93. The molecule has 1 heterocycles. The van der Waals surface area contributed by atoms with Gasteiger partial charge in [0, 0.05) is 24.5 Å². The number of rotatable bonds is 7. The molecule has 2 saturated carbocycles. The summed E-state index contributed by atoms with van der Waals surface area (Å²) in [6.45, 7) is 1.05. The average Bonchev–Trinajstić information content (AvgIpc) is 3.26. The summed E-state index contributed by atoms with van der Waals surface area (Å²) in [5.74, 6) is 2.57. The molecule has 0 aromatic rings. The number of amides is 1. The fourth-order valence-electron chi connectivity index (χ4n) is 3.43. The monoisotopic (exact) mass is 326 g/mol. The van der Waals surface area contributed by atoms with E-state index in [0.717, 1.165) is 43.7 Å². The first-order valence-electron chi connectivity index (χ1n) is 8.45. The van der Waals surface area contributed by atoms with Gasteiger partial charge in [-0.1, -0.05) is 0 Å². The first kappa shape index (κ1) is 16.1. The molecule has 0 bridgehead atoms. The Labute approximate surface area is 136 Å². The van der Waals surface area contributed by atoms with Gasteiger partial charge in [-0.05, 0) is 55.9 Å². The van der Waals surface area contributed by atoms with E-state index in [4.69, 9.17) is 5.11 Å². The van der Waals surface area contributed by atoms with Crippen molar-refractivity contribution in [3.05, 3.63) is 0 Å². The minimum Gasteiger partial charge on any atom is -0.480 e. The van der Waals surface area contributed by atoms with Crippen molar-refractivity contribution in [3.63, 3.8) is 0 Å². The van der Waals surface area contributed by atoms with E-state index in [0.29, 0.717) is 12.0 Å². The van der Waals surface area contributed by atoms with Crippen molar-refractivity contribution in [2.75, 3.05) is 24.6 Å². The van der Waals surface area contributed by atoms with Crippen LogP contribution in [0, 0.1) is 11.8 Å². The van der Waals surface area contributed by atoms with E-state index in [1.807, 2.05) is 11.8 Å². The lowest BCUT2D eigenvalue weighted by atomic mass is 9.84. The Morgan fingerprint density at radius 1 is 1.14 bits per heavy atom. The standard InChI is InChI=1S/C16H26N2O3S/c19-15(20)10-18(9-11-1-2-11)14-7-13(8-14)17-16(21)12-3-5-22-6-4-12/h11-14H,1-10H2,(H,17,21)(H,19,20). The molecule has 22 heavy (non-hydrogen) atoms. The Morgan fingerprint density at radius 3 is 2.41 bits per heavy atom. The van der Waals surface area contributed by atoms with Crippen molar-refractivity contribution in [2.45, 2.75) is 50.6 Å². The van der Waals surface area contributed by atoms with Crippen LogP contribution in [0.15, 0.2) is 0 Å². The van der Waals surface area contributed by atoms with Crippen LogP contribution in [0.1, 0.15) is 38.5 Å². The normalized spacial score (nSPS) is 29.1. The molecule has 1 amide bonds. The van der Waals surface area contributed by atoms with Gasteiger partial charge in [-0.3, -0.25) is 14.5 Å². The Bertz CT molecular complexity index is 416. The molecule has 1 aliphatic heterocycles. The van der Waals surface area contributed by atoms with Crippen molar-refractivity contribution in [1.29, 1.82) is 0 Å². The number of hydrogen-bond acceptors (Lipinski definition) is 4. The molecule has 0 atom stereocenters. The highest BCUT2D eigenvalue weighted by molar-refractivity contribution is 7.99. The number of aliphatic carboxylic acids is 1. The molecule has 0 radical (unpaired) electrons. The largest absolute Gasteiger partial charge is 0.480 e. The third-order valence-corrected chi connectivity index (χ3v) is 6.14. The number of hydrogen-bond donors (Lipinski definition) is 2. The van der Waals surface area contributed by atoms with Crippen LogP contribution in [-0.2, 0) is 9.59 Å². The van der Waals surface area contributed by atoms with Crippen molar-refractivity contribution in [3.8, 4) is 0 Å². The van der Waals surface area contributed by atoms with E-state index in [1.54, 1.807) is 0 Å². The predicted molar refractivity (Wildman–Crippen MR) is 86.9 cm³/mol. The van der Waals surface area contributed by atoms with Gasteiger partial charge in [0.1, 0.15) is 0 Å². The second-order valence-corrected chi connectivity index (χ2v) is 8.21. The van der Waals surface area contributed by atoms with E-state index in [2.05, 4.69) is 10.2 Å². The number of carboxylic acid groups (broad SMARTS) is 1. The Morgan fingerprint density at radius 2 is 1.82 bits per heavy atom. The number of carboxylic acids is 1. The van der Waals surface area contributed by atoms with E-state index < -0.39 is 5.97 Å². The number of carbonyl (C=O) groups excluding carboxylic acids is 1. The fourth-order valence-corrected chi connectivity index (χ4v) is 4.54. The van der Waals surface area contributed by atoms with Crippen LogP contribution in [0.25, 0.3) is 0 Å². The van der Waals surface area contributed by atoms with Gasteiger partial charge in [-0.15, -0.1) is 0 Å². The van der Waals surface area contributed by atoms with E-state index in [1.165, 1.54) is 12.8 Å². The fraction of sp³-hybridized carbons (Fsp3) is 0.875. The van der Waals surface area contributed by atoms with Crippen LogP contribution in [-0.4, -0.2) is 58.6 Å². The second kappa shape index (κ2) is 7.21. The summed E-state index contributed by atoms with van der Waals surface area (Å²) in [6, 6.07) is 0.589. The molecule has 1 saturated heterocycles. The summed E-state index contributed by atoms with van der Waals surface area (Å²) in [4.78, 5) is 25.3. The van der Waals surface area contributed by atoms with Crippen LogP contribution in [0.5, 0.6) is 0 Å². The second-order valence-electron chi connectivity index (χ2n) is 6.98. The van der Waals surface area contributed by atoms with E-state index in [9.17, 15) is 9.59 Å². The molecule has 2 aliphatic carbocycles. The lowest BCUT2D eigenvalue weighted by molar-refractivity contribution is -0.140. The zero-order valence-corrected chi connectivity index (χ0v) is 13.8. The maximum atomic E-state index is 12.2. The summed E-state index contributed by atoms with van der Waals surface area (Å²) in [5, 5.41) is 12.2. The lowest BCUT2D eigenvalue weighted by Crippen LogP contribution is -2.56. The smallest absolute Gasteiger partial charge is 0.317 e. The quantitative estimate of drug-likeness (QED) is 0.743. The van der Waals surface area contributed by atoms with Crippen molar-refractivity contribution in [2.24, 2.45) is 11.8 Å². The lowest BCUT2D eigenvalue weighted by Gasteiger charge is -2.43. The molecule has 0 spiro atoms. The van der Waals surface area contributed by atoms with Crippen LogP contribution >= 0.6 is 11.8 Å². The zero-order valence-electron chi connectivity index (χ0n) is 13.0. The van der Waals surface area contributed by atoms with Crippen LogP contribution in [0.2, 0.25) is 0 Å². The highest BCUT2D eigenvalue weighted by atomic mass is 32.2. The molecule has 124 valence electrons. The van der Waals surface area contributed by atoms with E-state index in [-0.39, 0.29) is 24.4 Å². The van der Waals surface area contributed by atoms with Crippen molar-refractivity contribution >= 4 is 23.6 Å². The van der Waals surface area contributed by atoms with Crippen LogP contribution in [0.4, 0.5) is 0 Å². The molecule has 5 nitrogen and oxygen atoms in total. The van der Waals surface area contributed by atoms with Gasteiger partial charge < -0.3 is 10.4 Å². The summed E-state index contributed by atoms with van der Waals surface area (Å²) in [5.41, 5.74) is 0. The topological polar surface area (TPSA) is 69.6 Å². The first-order chi connectivity index (χ1) is 10.6. The molecule has 6 heteroatoms. The van der Waals surface area contributed by atoms with Gasteiger partial charge in [0.25, 0.3) is 0 Å². The molecule has 3 aliphatic rings. The molecule has 0 aromatic carbocycles. The molecule has 3 fully saturated rings. The Kier molecular flexibility index (Phi) is 5.29. The van der Waals surface area contributed by atoms with Gasteiger partial charge in [-0.25, -0.2) is 0 Å². The summed E-state index contributed by atoms with van der Waals surface area (Å²) in [7, 11) is 0. The van der Waals surface area contributed by atoms with Gasteiger partial charge >= 0.3 is 5.97 Å². The number of thioether (sulfide) groups is 1. The highest BCUT2D eigenvalue weighted by Gasteiger charge is 2.38. The number of nitrogens with zero attached hydrogens (tertiary/aromatic N) is 1. The molecule has 0 unspecified atom stereocenters. The average molecular weight is 326 g/mol. The molecular formula is C16H26N2O3S. The first-order valence-corrected chi connectivity index (χ1v) is 9.61. The molecule has 2 N–H and O–H groups in total. The summed E-state index contributed by atoms with van der Waals surface area (Å²) in [6.07, 6.45) is 6.30. The molecule has 0 aromatic heterocycles. The Balaban J connectivity index is 1.41. The third kappa shape index (κ3) is 4.38. The highest BCUT2D eigenvalue weighted by Crippen LogP contribution is 2.34. The number of nitrogens with one attached hydrogen (secondary N) is 1. The Hall–Kier alpha value is -0.750. The SMILES string of the molecule is O=C(O)CN(CC1CC1)C1CC(NC(=O)C2CCSCC2)C1. The van der Waals surface area contributed by atoms with Crippen molar-refractivity contribution in [1.82, 2.24) is 10.2 Å². The number of carbonyl (C=O) groups is 2. The summed E-state index contributed by atoms with van der Waals surface area (Å²) < 4.78 is 0. The minimum absolute atomic E-state index is 0.141. The maximum absolute atomic E-state index is 12.2. The van der Waals surface area contributed by atoms with Crippen LogP contribution < -0.4 is 5.32 Å². The predicted octanol–water partition coefficient (Wildman–Crippen LogP) is 1.57. The zero-order chi connectivity index (χ0) is 15.5. The molecular weight excluding hydrogens is 300 g/mol. The third-order valence-electron chi connectivity index (χ3n) is 5.10. The van der Waals surface area contributed by atoms with Gasteiger partial charge in [0.2, 0.25) is 5.91 Å². The van der Waals surface area contributed by atoms with Crippen molar-refractivity contribution < 1.29 is 14.7 Å². The van der Waals surface area contributed by atoms with Gasteiger partial charge in [-0.2, -0.15) is 11.8 Å². The van der Waals surface area contributed by atoms with Gasteiger partial charge in [0.15, 0.2) is 0 Å². The van der Waals surface area contributed by atoms with Gasteiger partial charge in [0.05, 0.1) is 6.54 Å². The minimum atomic E-state index is -0.743. The maximum Gasteiger partial charge on any atom is 0.317 e. The van der Waals surface area contributed by atoms with Crippen LogP contribution in [0.3, 0.4) is 0 Å². The molecule has 3 rings (SSSR count). The van der Waals surface area contributed by atoms with E-state index >= 15 is 0 Å².